The lowest BCUT2D eigenvalue weighted by Crippen LogP contribution is -2.36. The predicted octanol–water partition coefficient (Wildman–Crippen LogP) is 3.98. The minimum Gasteiger partial charge on any atom is -0.171 e. The summed E-state index contributed by atoms with van der Waals surface area (Å²) in [4.78, 5) is 0. The molecule has 0 aliphatic heterocycles. The summed E-state index contributed by atoms with van der Waals surface area (Å²) in [7, 11) is 0. The van der Waals surface area contributed by atoms with Gasteiger partial charge in [0, 0.05) is 5.38 Å². The average Bonchev–Trinajstić information content (AvgIpc) is 2.83. The first-order valence-corrected chi connectivity index (χ1v) is 5.63. The Morgan fingerprint density at radius 2 is 1.64 bits per heavy atom. The minimum atomic E-state index is -4.01. The van der Waals surface area contributed by atoms with Crippen LogP contribution in [0, 0.1) is 17.8 Å². The highest BCUT2D eigenvalue weighted by Gasteiger charge is 2.51. The highest BCUT2D eigenvalue weighted by molar-refractivity contribution is 6.20. The molecular weight excluding hydrogens is 213 g/mol. The number of alkyl halides is 4. The summed E-state index contributed by atoms with van der Waals surface area (Å²) in [5.41, 5.74) is 0. The lowest BCUT2D eigenvalue weighted by Gasteiger charge is -2.35. The molecule has 3 atom stereocenters. The van der Waals surface area contributed by atoms with Crippen LogP contribution in [-0.2, 0) is 0 Å². The summed E-state index contributed by atoms with van der Waals surface area (Å²) in [6, 6.07) is 0. The molecule has 2 aliphatic carbocycles. The smallest absolute Gasteiger partial charge is 0.171 e. The normalized spacial score (nSPS) is 39.9. The van der Waals surface area contributed by atoms with Crippen molar-refractivity contribution in [2.45, 2.75) is 43.7 Å². The van der Waals surface area contributed by atoms with Crippen LogP contribution in [0.2, 0.25) is 0 Å². The van der Waals surface area contributed by atoms with E-state index in [4.69, 9.17) is 11.6 Å². The molecule has 0 heterocycles. The Kier molecular flexibility index (Phi) is 2.71. The maximum absolute atomic E-state index is 12.7. The standard InChI is InChI=1S/C10H14ClF3/c11-7-3-4-9(10(12,13)14)8(5-7)6-1-2-6/h6-9H,1-5H2. The van der Waals surface area contributed by atoms with Crippen LogP contribution in [0.3, 0.4) is 0 Å². The molecule has 3 unspecified atom stereocenters. The Bertz CT molecular complexity index is 210. The van der Waals surface area contributed by atoms with E-state index >= 15 is 0 Å². The van der Waals surface area contributed by atoms with Gasteiger partial charge in [-0.15, -0.1) is 11.6 Å². The molecule has 0 nitrogen and oxygen atoms in total. The van der Waals surface area contributed by atoms with E-state index < -0.39 is 12.1 Å². The monoisotopic (exact) mass is 226 g/mol. The Balaban J connectivity index is 2.06. The second kappa shape index (κ2) is 3.58. The lowest BCUT2D eigenvalue weighted by molar-refractivity contribution is -0.198. The number of hydrogen-bond donors (Lipinski definition) is 0. The van der Waals surface area contributed by atoms with Gasteiger partial charge < -0.3 is 0 Å². The van der Waals surface area contributed by atoms with Gasteiger partial charge in [0.05, 0.1) is 5.92 Å². The van der Waals surface area contributed by atoms with Crippen LogP contribution in [0.25, 0.3) is 0 Å². The van der Waals surface area contributed by atoms with Gasteiger partial charge in [0.15, 0.2) is 0 Å². The van der Waals surface area contributed by atoms with Crippen LogP contribution >= 0.6 is 11.6 Å². The zero-order valence-corrected chi connectivity index (χ0v) is 8.61. The molecule has 0 saturated heterocycles. The van der Waals surface area contributed by atoms with E-state index in [-0.39, 0.29) is 17.7 Å². The van der Waals surface area contributed by atoms with Gasteiger partial charge in [0.25, 0.3) is 0 Å². The van der Waals surface area contributed by atoms with E-state index in [1.54, 1.807) is 0 Å². The Labute approximate surface area is 86.8 Å². The van der Waals surface area contributed by atoms with E-state index in [0.29, 0.717) is 18.8 Å². The van der Waals surface area contributed by atoms with Crippen LogP contribution in [-0.4, -0.2) is 11.6 Å². The maximum Gasteiger partial charge on any atom is 0.392 e. The first-order valence-electron chi connectivity index (χ1n) is 5.19. The van der Waals surface area contributed by atoms with Crippen molar-refractivity contribution in [1.29, 1.82) is 0 Å². The van der Waals surface area contributed by atoms with Crippen molar-refractivity contribution in [3.63, 3.8) is 0 Å². The number of halogens is 4. The van der Waals surface area contributed by atoms with Gasteiger partial charge in [-0.1, -0.05) is 0 Å². The third-order valence-corrected chi connectivity index (χ3v) is 3.88. The molecule has 0 amide bonds. The molecule has 0 aromatic carbocycles. The van der Waals surface area contributed by atoms with Crippen molar-refractivity contribution in [2.24, 2.45) is 17.8 Å². The van der Waals surface area contributed by atoms with Gasteiger partial charge in [-0.25, -0.2) is 0 Å². The van der Waals surface area contributed by atoms with E-state index in [1.165, 1.54) is 0 Å². The summed E-state index contributed by atoms with van der Waals surface area (Å²) in [5, 5.41) is -0.0285. The van der Waals surface area contributed by atoms with Crippen molar-refractivity contribution in [1.82, 2.24) is 0 Å². The molecule has 4 heteroatoms. The van der Waals surface area contributed by atoms with E-state index in [9.17, 15) is 13.2 Å². The summed E-state index contributed by atoms with van der Waals surface area (Å²) < 4.78 is 38.0. The maximum atomic E-state index is 12.7. The Morgan fingerprint density at radius 3 is 2.14 bits per heavy atom. The topological polar surface area (TPSA) is 0 Å². The minimum absolute atomic E-state index is 0.0285. The van der Waals surface area contributed by atoms with Gasteiger partial charge in [0.2, 0.25) is 0 Å². The molecule has 82 valence electrons. The van der Waals surface area contributed by atoms with Crippen LogP contribution in [0.5, 0.6) is 0 Å². The van der Waals surface area contributed by atoms with Gasteiger partial charge in [-0.2, -0.15) is 13.2 Å². The third kappa shape index (κ3) is 2.18. The third-order valence-electron chi connectivity index (χ3n) is 3.48. The highest BCUT2D eigenvalue weighted by Crippen LogP contribution is 2.52. The zero-order chi connectivity index (χ0) is 10.3. The summed E-state index contributed by atoms with van der Waals surface area (Å²) >= 11 is 5.93. The average molecular weight is 227 g/mol. The fourth-order valence-electron chi connectivity index (χ4n) is 2.60. The quantitative estimate of drug-likeness (QED) is 0.594. The molecule has 14 heavy (non-hydrogen) atoms. The predicted molar refractivity (Wildman–Crippen MR) is 49.3 cm³/mol. The summed E-state index contributed by atoms with van der Waals surface area (Å²) in [6.45, 7) is 0. The second-order valence-electron chi connectivity index (χ2n) is 4.56. The first kappa shape index (κ1) is 10.6. The second-order valence-corrected chi connectivity index (χ2v) is 5.18. The van der Waals surface area contributed by atoms with E-state index in [0.717, 1.165) is 12.8 Å². The molecule has 2 saturated carbocycles. The van der Waals surface area contributed by atoms with Gasteiger partial charge >= 0.3 is 6.18 Å². The molecule has 0 radical (unpaired) electrons. The molecule has 2 aliphatic rings. The fraction of sp³-hybridized carbons (Fsp3) is 1.00. The number of rotatable bonds is 1. The van der Waals surface area contributed by atoms with Crippen LogP contribution < -0.4 is 0 Å². The van der Waals surface area contributed by atoms with Crippen molar-refractivity contribution in [2.75, 3.05) is 0 Å². The first-order chi connectivity index (χ1) is 6.48. The molecule has 0 N–H and O–H groups in total. The summed E-state index contributed by atoms with van der Waals surface area (Å²) in [5.74, 6) is -0.959. The Hall–Kier alpha value is 0.0800. The van der Waals surface area contributed by atoms with Crippen molar-refractivity contribution in [3.8, 4) is 0 Å². The summed E-state index contributed by atoms with van der Waals surface area (Å²) in [6.07, 6.45) is -0.740. The molecular formula is C10H14ClF3. The highest BCUT2D eigenvalue weighted by atomic mass is 35.5. The SMILES string of the molecule is FC(F)(F)C1CCC(Cl)CC1C1CC1. The number of hydrogen-bond acceptors (Lipinski definition) is 0. The Morgan fingerprint density at radius 1 is 1.00 bits per heavy atom. The van der Waals surface area contributed by atoms with Gasteiger partial charge in [0.1, 0.15) is 0 Å². The van der Waals surface area contributed by atoms with E-state index in [2.05, 4.69) is 0 Å². The van der Waals surface area contributed by atoms with Crippen molar-refractivity contribution in [3.05, 3.63) is 0 Å². The van der Waals surface area contributed by atoms with Crippen molar-refractivity contribution < 1.29 is 13.2 Å². The molecule has 0 aromatic rings. The molecule has 0 bridgehead atoms. The van der Waals surface area contributed by atoms with Gasteiger partial charge in [-0.3, -0.25) is 0 Å². The lowest BCUT2D eigenvalue weighted by atomic mass is 9.76. The van der Waals surface area contributed by atoms with Crippen LogP contribution in [0.4, 0.5) is 13.2 Å². The molecule has 2 fully saturated rings. The fourth-order valence-corrected chi connectivity index (χ4v) is 2.94. The van der Waals surface area contributed by atoms with Crippen LogP contribution in [0.15, 0.2) is 0 Å². The molecule has 2 rings (SSSR count). The molecule has 0 aromatic heterocycles. The van der Waals surface area contributed by atoms with Gasteiger partial charge in [-0.05, 0) is 43.9 Å². The largest absolute Gasteiger partial charge is 0.392 e. The van der Waals surface area contributed by atoms with Crippen molar-refractivity contribution >= 4 is 11.6 Å². The zero-order valence-electron chi connectivity index (χ0n) is 7.86. The molecule has 0 spiro atoms. The van der Waals surface area contributed by atoms with E-state index in [1.807, 2.05) is 0 Å². The van der Waals surface area contributed by atoms with Crippen LogP contribution in [0.1, 0.15) is 32.1 Å².